The van der Waals surface area contributed by atoms with Gasteiger partial charge in [-0.25, -0.2) is 13.4 Å². The molecular weight excluding hydrogens is 644 g/mol. The average molecular weight is 674 g/mol. The van der Waals surface area contributed by atoms with Gasteiger partial charge in [0, 0.05) is 25.5 Å². The molecular formula is C25H29Cl2F3N4O6S2. The molecule has 2 aromatic heterocycles. The number of aromatic nitrogens is 3. The van der Waals surface area contributed by atoms with E-state index in [1.807, 2.05) is 13.8 Å². The topological polar surface area (TPSA) is 145 Å². The lowest BCUT2D eigenvalue weighted by molar-refractivity contribution is -0.151. The van der Waals surface area contributed by atoms with Crippen molar-refractivity contribution in [3.05, 3.63) is 33.8 Å². The van der Waals surface area contributed by atoms with E-state index in [9.17, 15) is 31.5 Å². The number of rotatable bonds is 12. The maximum atomic E-state index is 13.3. The van der Waals surface area contributed by atoms with Crippen molar-refractivity contribution in [2.75, 3.05) is 7.11 Å². The number of benzene rings is 1. The van der Waals surface area contributed by atoms with Gasteiger partial charge < -0.3 is 14.3 Å². The monoisotopic (exact) mass is 672 g/mol. The summed E-state index contributed by atoms with van der Waals surface area (Å²) in [4.78, 5) is 16.0. The molecule has 0 unspecified atom stereocenters. The Balaban J connectivity index is 2.09. The first-order chi connectivity index (χ1) is 19.2. The minimum atomic E-state index is -4.81. The van der Waals surface area contributed by atoms with Gasteiger partial charge in [0.1, 0.15) is 10.9 Å². The molecule has 0 fully saturated rings. The van der Waals surface area contributed by atoms with Gasteiger partial charge in [0.25, 0.3) is 5.89 Å². The highest BCUT2D eigenvalue weighted by Gasteiger charge is 2.41. The maximum absolute atomic E-state index is 13.3. The molecule has 0 aliphatic carbocycles. The molecule has 2 heterocycles. The molecule has 10 nitrogen and oxygen atoms in total. The molecule has 0 saturated carbocycles. The first-order valence-electron chi connectivity index (χ1n) is 12.4. The molecule has 3 aromatic rings. The second-order valence-electron chi connectivity index (χ2n) is 10.7. The number of alkyl halides is 3. The van der Waals surface area contributed by atoms with E-state index in [0.717, 1.165) is 17.4 Å². The standard InChI is InChI=1S/C25H29Cl2F3N4O6S2/c1-7-15(25(28,29)30)34-42(37,38)14-9-8-12(17(26)18(14)27)19-13(10-24(4,5)39-6)31-21(41-19)20-33-32-16(40-20)11-23(2,3)22(35)36/h8-9,15,34H,7,10-11H2,1-6H3,(H,35,36)/t15-/m0/s1. The summed E-state index contributed by atoms with van der Waals surface area (Å²) in [5.74, 6) is -0.943. The number of carboxylic acid groups (broad SMARTS) is 1. The van der Waals surface area contributed by atoms with Crippen molar-refractivity contribution in [2.45, 2.75) is 76.6 Å². The van der Waals surface area contributed by atoms with E-state index in [0.29, 0.717) is 10.6 Å². The number of thiazole rings is 1. The van der Waals surface area contributed by atoms with E-state index in [1.54, 1.807) is 4.72 Å². The highest BCUT2D eigenvalue weighted by Crippen LogP contribution is 2.44. The van der Waals surface area contributed by atoms with Crippen LogP contribution in [0.1, 0.15) is 52.6 Å². The largest absolute Gasteiger partial charge is 0.481 e. The van der Waals surface area contributed by atoms with Crippen molar-refractivity contribution in [1.29, 1.82) is 0 Å². The van der Waals surface area contributed by atoms with Crippen LogP contribution in [0.5, 0.6) is 0 Å². The first kappa shape index (κ1) is 34.2. The highest BCUT2D eigenvalue weighted by molar-refractivity contribution is 7.89. The Bertz CT molecular complexity index is 1570. The summed E-state index contributed by atoms with van der Waals surface area (Å²) >= 11 is 13.9. The smallest absolute Gasteiger partial charge is 0.404 e. The molecule has 0 spiro atoms. The molecule has 0 aliphatic heterocycles. The van der Waals surface area contributed by atoms with Crippen LogP contribution in [0.15, 0.2) is 21.4 Å². The minimum Gasteiger partial charge on any atom is -0.481 e. The van der Waals surface area contributed by atoms with E-state index in [-0.39, 0.29) is 40.2 Å². The van der Waals surface area contributed by atoms with Gasteiger partial charge in [0.15, 0.2) is 5.01 Å². The van der Waals surface area contributed by atoms with Gasteiger partial charge in [-0.3, -0.25) is 4.79 Å². The maximum Gasteiger partial charge on any atom is 0.404 e. The molecule has 0 bridgehead atoms. The predicted octanol–water partition coefficient (Wildman–Crippen LogP) is 6.41. The van der Waals surface area contributed by atoms with E-state index >= 15 is 0 Å². The predicted molar refractivity (Wildman–Crippen MR) is 151 cm³/mol. The average Bonchev–Trinajstić information content (AvgIpc) is 3.49. The number of nitrogens with zero attached hydrogens (tertiary/aromatic N) is 3. The number of hydrogen-bond donors (Lipinski definition) is 2. The highest BCUT2D eigenvalue weighted by atomic mass is 35.5. The van der Waals surface area contributed by atoms with E-state index in [2.05, 4.69) is 15.2 Å². The Morgan fingerprint density at radius 1 is 1.14 bits per heavy atom. The van der Waals surface area contributed by atoms with Crippen molar-refractivity contribution >= 4 is 50.5 Å². The summed E-state index contributed by atoms with van der Waals surface area (Å²) < 4.78 is 78.4. The number of nitrogens with one attached hydrogen (secondary N) is 1. The Labute approximate surface area is 254 Å². The van der Waals surface area contributed by atoms with Crippen LogP contribution < -0.4 is 4.72 Å². The fourth-order valence-corrected chi connectivity index (χ4v) is 6.92. The number of carbonyl (C=O) groups is 1. The second kappa shape index (κ2) is 12.4. The molecule has 3 rings (SSSR count). The normalized spacial score (nSPS) is 13.9. The van der Waals surface area contributed by atoms with Crippen molar-refractivity contribution in [2.24, 2.45) is 5.41 Å². The molecule has 0 amide bonds. The molecule has 1 aromatic carbocycles. The Morgan fingerprint density at radius 2 is 1.79 bits per heavy atom. The summed E-state index contributed by atoms with van der Waals surface area (Å²) in [6.07, 6.45) is -5.12. The Kier molecular flexibility index (Phi) is 10.1. The van der Waals surface area contributed by atoms with Crippen molar-refractivity contribution in [3.8, 4) is 21.3 Å². The van der Waals surface area contributed by atoms with Gasteiger partial charge in [-0.15, -0.1) is 21.5 Å². The summed E-state index contributed by atoms with van der Waals surface area (Å²) in [6, 6.07) is 0.0783. The van der Waals surface area contributed by atoms with Crippen LogP contribution in [0.3, 0.4) is 0 Å². The fraction of sp³-hybridized carbons (Fsp3) is 0.520. The summed E-state index contributed by atoms with van der Waals surface area (Å²) in [7, 11) is -3.18. The van der Waals surface area contributed by atoms with Gasteiger partial charge in [-0.1, -0.05) is 36.2 Å². The van der Waals surface area contributed by atoms with Gasteiger partial charge in [-0.2, -0.15) is 17.9 Å². The van der Waals surface area contributed by atoms with E-state index in [1.165, 1.54) is 33.9 Å². The van der Waals surface area contributed by atoms with Crippen LogP contribution in [0.4, 0.5) is 13.2 Å². The zero-order chi connectivity index (χ0) is 31.8. The number of methoxy groups -OCH3 is 1. The third-order valence-electron chi connectivity index (χ3n) is 6.35. The molecule has 232 valence electrons. The van der Waals surface area contributed by atoms with Crippen LogP contribution >= 0.6 is 34.5 Å². The molecule has 0 saturated heterocycles. The minimum absolute atomic E-state index is 0.0160. The van der Waals surface area contributed by atoms with Crippen LogP contribution in [0.25, 0.3) is 21.3 Å². The lowest BCUT2D eigenvalue weighted by Gasteiger charge is -2.22. The van der Waals surface area contributed by atoms with Crippen molar-refractivity contribution < 1.29 is 40.6 Å². The van der Waals surface area contributed by atoms with Crippen LogP contribution in [0, 0.1) is 5.41 Å². The van der Waals surface area contributed by atoms with Crippen LogP contribution in [-0.4, -0.2) is 59.6 Å². The van der Waals surface area contributed by atoms with Gasteiger partial charge in [-0.05, 0) is 40.2 Å². The van der Waals surface area contributed by atoms with Gasteiger partial charge >= 0.3 is 12.1 Å². The van der Waals surface area contributed by atoms with Gasteiger partial charge in [0.2, 0.25) is 15.9 Å². The second-order valence-corrected chi connectivity index (χ2v) is 14.1. The van der Waals surface area contributed by atoms with E-state index in [4.69, 9.17) is 32.4 Å². The lowest BCUT2D eigenvalue weighted by atomic mass is 9.90. The Hall–Kier alpha value is -2.30. The fourth-order valence-electron chi connectivity index (χ4n) is 3.66. The van der Waals surface area contributed by atoms with Crippen LogP contribution in [-0.2, 0) is 32.4 Å². The van der Waals surface area contributed by atoms with Gasteiger partial charge in [0.05, 0.1) is 31.6 Å². The third-order valence-corrected chi connectivity index (χ3v) is 9.97. The molecule has 2 N–H and O–H groups in total. The molecule has 0 radical (unpaired) electrons. The first-order valence-corrected chi connectivity index (χ1v) is 15.5. The SMILES string of the molecule is CC[C@H](NS(=O)(=O)c1ccc(-c2sc(-c3nnc(CC(C)(C)C(=O)O)o3)nc2CC(C)(C)OC)c(Cl)c1Cl)C(F)(F)F. The Morgan fingerprint density at radius 3 is 2.33 bits per heavy atom. The molecule has 0 aliphatic rings. The zero-order valence-corrected chi connectivity index (χ0v) is 26.5. The number of halogens is 5. The number of aliphatic carboxylic acids is 1. The van der Waals surface area contributed by atoms with E-state index < -0.39 is 55.6 Å². The van der Waals surface area contributed by atoms with Crippen molar-refractivity contribution in [1.82, 2.24) is 19.9 Å². The lowest BCUT2D eigenvalue weighted by Crippen LogP contribution is -2.44. The summed E-state index contributed by atoms with van der Waals surface area (Å²) in [5.41, 5.74) is -1.14. The molecule has 42 heavy (non-hydrogen) atoms. The quantitative estimate of drug-likeness (QED) is 0.223. The number of ether oxygens (including phenoxy) is 1. The number of sulfonamides is 1. The summed E-state index contributed by atoms with van der Waals surface area (Å²) in [5, 5.41) is 16.9. The summed E-state index contributed by atoms with van der Waals surface area (Å²) in [6.45, 7) is 7.86. The third kappa shape index (κ3) is 7.61. The zero-order valence-electron chi connectivity index (χ0n) is 23.4. The molecule has 1 atom stereocenters. The molecule has 17 heteroatoms. The van der Waals surface area contributed by atoms with Crippen molar-refractivity contribution in [3.63, 3.8) is 0 Å². The number of carboxylic acids is 1. The number of hydrogen-bond acceptors (Lipinski definition) is 9. The van der Waals surface area contributed by atoms with Crippen LogP contribution in [0.2, 0.25) is 10.0 Å².